The van der Waals surface area contributed by atoms with E-state index in [0.29, 0.717) is 11.4 Å². The first-order valence-electron chi connectivity index (χ1n) is 6.10. The van der Waals surface area contributed by atoms with Crippen LogP contribution in [-0.4, -0.2) is 25.3 Å². The number of carbonyl (C=O) groups is 1. The van der Waals surface area contributed by atoms with Gasteiger partial charge in [-0.05, 0) is 38.5 Å². The fraction of sp³-hybridized carbons (Fsp3) is 0.462. The van der Waals surface area contributed by atoms with Gasteiger partial charge in [0, 0.05) is 17.8 Å². The number of nitrogens with one attached hydrogen (secondary N) is 1. The van der Waals surface area contributed by atoms with E-state index in [4.69, 9.17) is 5.73 Å². The summed E-state index contributed by atoms with van der Waals surface area (Å²) in [7, 11) is -3.19. The van der Waals surface area contributed by atoms with E-state index < -0.39 is 15.1 Å². The van der Waals surface area contributed by atoms with Gasteiger partial charge in [0.1, 0.15) is 0 Å². The molecule has 0 bridgehead atoms. The molecule has 0 aliphatic rings. The summed E-state index contributed by atoms with van der Waals surface area (Å²) in [4.78, 5) is 11.7. The van der Waals surface area contributed by atoms with Crippen LogP contribution in [0.15, 0.2) is 18.2 Å². The zero-order chi connectivity index (χ0) is 14.6. The minimum absolute atomic E-state index is 0.0469. The molecular formula is C13H20N2O3S. The molecular weight excluding hydrogens is 264 g/mol. The molecule has 0 radical (unpaired) electrons. The number of anilines is 2. The molecule has 0 atom stereocenters. The summed E-state index contributed by atoms with van der Waals surface area (Å²) in [5.74, 6) is -0.462. The monoisotopic (exact) mass is 284 g/mol. The molecule has 6 heteroatoms. The van der Waals surface area contributed by atoms with Crippen molar-refractivity contribution >= 4 is 27.1 Å². The van der Waals surface area contributed by atoms with E-state index in [2.05, 4.69) is 5.32 Å². The van der Waals surface area contributed by atoms with Gasteiger partial charge in [-0.25, -0.2) is 8.42 Å². The number of nitrogens with two attached hydrogens (primary N) is 1. The lowest BCUT2D eigenvalue weighted by molar-refractivity contribution is -0.115. The fourth-order valence-corrected chi connectivity index (χ4v) is 2.40. The number of nitrogen functional groups attached to an aromatic ring is 1. The Morgan fingerprint density at radius 2 is 2.00 bits per heavy atom. The van der Waals surface area contributed by atoms with Gasteiger partial charge in [-0.3, -0.25) is 4.79 Å². The number of carbonyl (C=O) groups excluding carboxylic acids is 1. The Morgan fingerprint density at radius 1 is 1.37 bits per heavy atom. The van der Waals surface area contributed by atoms with Gasteiger partial charge >= 0.3 is 0 Å². The molecule has 3 N–H and O–H groups in total. The van der Waals surface area contributed by atoms with E-state index in [1.165, 1.54) is 0 Å². The fourth-order valence-electron chi connectivity index (χ4n) is 1.46. The van der Waals surface area contributed by atoms with Crippen molar-refractivity contribution in [2.24, 2.45) is 0 Å². The highest BCUT2D eigenvalue weighted by Crippen LogP contribution is 2.18. The summed E-state index contributed by atoms with van der Waals surface area (Å²) < 4.78 is 23.2. The second-order valence-electron chi connectivity index (χ2n) is 4.79. The van der Waals surface area contributed by atoms with E-state index >= 15 is 0 Å². The number of amides is 1. The first kappa shape index (κ1) is 15.5. The Kier molecular flexibility index (Phi) is 4.94. The summed E-state index contributed by atoms with van der Waals surface area (Å²) in [6.07, 6.45) is -0.0469. The van der Waals surface area contributed by atoms with Crippen LogP contribution in [0.25, 0.3) is 0 Å². The Morgan fingerprint density at radius 3 is 2.58 bits per heavy atom. The standard InChI is InChI=1S/C13H20N2O3S/c1-9(2)19(17,18)7-6-13(16)15-12-8-11(14)5-4-10(12)3/h4-5,8-9H,6-7,14H2,1-3H3,(H,15,16). The third kappa shape index (κ3) is 4.55. The van der Waals surface area contributed by atoms with E-state index in [-0.39, 0.29) is 18.1 Å². The molecule has 0 spiro atoms. The molecule has 0 saturated carbocycles. The smallest absolute Gasteiger partial charge is 0.225 e. The van der Waals surface area contributed by atoms with Crippen molar-refractivity contribution in [3.63, 3.8) is 0 Å². The molecule has 19 heavy (non-hydrogen) atoms. The predicted molar refractivity (Wildman–Crippen MR) is 77.8 cm³/mol. The number of hydrogen-bond donors (Lipinski definition) is 2. The molecule has 0 fully saturated rings. The number of aryl methyl sites for hydroxylation is 1. The van der Waals surface area contributed by atoms with E-state index in [1.54, 1.807) is 32.0 Å². The van der Waals surface area contributed by atoms with Crippen LogP contribution in [0, 0.1) is 6.92 Å². The lowest BCUT2D eigenvalue weighted by Crippen LogP contribution is -2.22. The van der Waals surface area contributed by atoms with Crippen molar-refractivity contribution in [2.75, 3.05) is 16.8 Å². The van der Waals surface area contributed by atoms with Crippen molar-refractivity contribution < 1.29 is 13.2 Å². The first-order valence-corrected chi connectivity index (χ1v) is 7.81. The van der Waals surface area contributed by atoms with Crippen molar-refractivity contribution in [3.05, 3.63) is 23.8 Å². The molecule has 0 aliphatic heterocycles. The summed E-state index contributed by atoms with van der Waals surface area (Å²) in [6, 6.07) is 5.20. The second-order valence-corrected chi connectivity index (χ2v) is 7.47. The second kappa shape index (κ2) is 6.06. The Bertz CT molecular complexity index is 565. The van der Waals surface area contributed by atoms with Gasteiger partial charge in [0.05, 0.1) is 11.0 Å². The normalized spacial score (nSPS) is 11.6. The zero-order valence-electron chi connectivity index (χ0n) is 11.4. The van der Waals surface area contributed by atoms with E-state index in [1.807, 2.05) is 6.92 Å². The number of sulfone groups is 1. The Hall–Kier alpha value is -1.56. The molecule has 5 nitrogen and oxygen atoms in total. The third-order valence-electron chi connectivity index (χ3n) is 2.87. The number of benzene rings is 1. The molecule has 1 aromatic rings. The van der Waals surface area contributed by atoms with Gasteiger partial charge in [0.25, 0.3) is 0 Å². The van der Waals surface area contributed by atoms with Gasteiger partial charge in [0.15, 0.2) is 9.84 Å². The number of hydrogen-bond acceptors (Lipinski definition) is 4. The quantitative estimate of drug-likeness (QED) is 0.806. The van der Waals surface area contributed by atoms with Crippen molar-refractivity contribution in [1.82, 2.24) is 0 Å². The Labute approximate surface area is 114 Å². The molecule has 0 unspecified atom stereocenters. The highest BCUT2D eigenvalue weighted by Gasteiger charge is 2.17. The minimum atomic E-state index is -3.19. The van der Waals surface area contributed by atoms with E-state index in [0.717, 1.165) is 5.56 Å². The van der Waals surface area contributed by atoms with Crippen LogP contribution < -0.4 is 11.1 Å². The largest absolute Gasteiger partial charge is 0.399 e. The first-order chi connectivity index (χ1) is 8.72. The molecule has 0 aliphatic carbocycles. The SMILES string of the molecule is Cc1ccc(N)cc1NC(=O)CCS(=O)(=O)C(C)C. The van der Waals surface area contributed by atoms with Gasteiger partial charge in [-0.1, -0.05) is 6.07 Å². The average molecular weight is 284 g/mol. The van der Waals surface area contributed by atoms with Crippen LogP contribution in [-0.2, 0) is 14.6 Å². The average Bonchev–Trinajstić information content (AvgIpc) is 2.31. The molecule has 1 aromatic carbocycles. The minimum Gasteiger partial charge on any atom is -0.399 e. The van der Waals surface area contributed by atoms with Crippen LogP contribution in [0.4, 0.5) is 11.4 Å². The third-order valence-corrected chi connectivity index (χ3v) is 5.08. The van der Waals surface area contributed by atoms with E-state index in [9.17, 15) is 13.2 Å². The molecule has 0 heterocycles. The molecule has 1 amide bonds. The molecule has 0 saturated heterocycles. The number of rotatable bonds is 5. The Balaban J connectivity index is 2.64. The summed E-state index contributed by atoms with van der Waals surface area (Å²) in [5, 5.41) is 2.22. The maximum Gasteiger partial charge on any atom is 0.225 e. The lowest BCUT2D eigenvalue weighted by Gasteiger charge is -2.10. The van der Waals surface area contributed by atoms with Crippen LogP contribution in [0.5, 0.6) is 0 Å². The van der Waals surface area contributed by atoms with Crippen molar-refractivity contribution in [2.45, 2.75) is 32.4 Å². The summed E-state index contributed by atoms with van der Waals surface area (Å²) >= 11 is 0. The zero-order valence-corrected chi connectivity index (χ0v) is 12.3. The van der Waals surface area contributed by atoms with Gasteiger partial charge < -0.3 is 11.1 Å². The van der Waals surface area contributed by atoms with Crippen LogP contribution in [0.3, 0.4) is 0 Å². The van der Waals surface area contributed by atoms with Crippen molar-refractivity contribution in [3.8, 4) is 0 Å². The van der Waals surface area contributed by atoms with Crippen LogP contribution in [0.1, 0.15) is 25.8 Å². The molecule has 106 valence electrons. The molecule has 1 rings (SSSR count). The van der Waals surface area contributed by atoms with Gasteiger partial charge in [-0.2, -0.15) is 0 Å². The van der Waals surface area contributed by atoms with Crippen LogP contribution >= 0.6 is 0 Å². The lowest BCUT2D eigenvalue weighted by atomic mass is 10.2. The highest BCUT2D eigenvalue weighted by molar-refractivity contribution is 7.91. The summed E-state index contributed by atoms with van der Waals surface area (Å²) in [6.45, 7) is 5.06. The maximum atomic E-state index is 11.7. The molecule has 0 aromatic heterocycles. The highest BCUT2D eigenvalue weighted by atomic mass is 32.2. The summed E-state index contributed by atoms with van der Waals surface area (Å²) in [5.41, 5.74) is 7.69. The van der Waals surface area contributed by atoms with Crippen molar-refractivity contribution in [1.29, 1.82) is 0 Å². The van der Waals surface area contributed by atoms with Gasteiger partial charge in [-0.15, -0.1) is 0 Å². The van der Waals surface area contributed by atoms with Gasteiger partial charge in [0.2, 0.25) is 5.91 Å². The predicted octanol–water partition coefficient (Wildman–Crippen LogP) is 1.73. The van der Waals surface area contributed by atoms with Crippen LogP contribution in [0.2, 0.25) is 0 Å². The maximum absolute atomic E-state index is 11.7. The topological polar surface area (TPSA) is 89.3 Å².